The van der Waals surface area contributed by atoms with Crippen LogP contribution in [0, 0.1) is 5.92 Å². The maximum Gasteiger partial charge on any atom is 0.393 e. The van der Waals surface area contributed by atoms with Gasteiger partial charge in [0, 0.05) is 13.1 Å². The smallest absolute Gasteiger partial charge is 0.341 e. The molecule has 2 aliphatic rings. The number of nitrogens with one attached hydrogen (secondary N) is 1. The molecule has 2 saturated heterocycles. The largest absolute Gasteiger partial charge is 0.393 e. The number of nitrogens with zero attached hydrogens (tertiary/aromatic N) is 2. The third-order valence-corrected chi connectivity index (χ3v) is 6.13. The predicted octanol–water partition coefficient (Wildman–Crippen LogP) is 3.41. The van der Waals surface area contributed by atoms with Crippen molar-refractivity contribution >= 4 is 28.6 Å². The maximum atomic E-state index is 13.1. The third kappa shape index (κ3) is 3.84. The number of rotatable bonds is 3. The van der Waals surface area contributed by atoms with Crippen LogP contribution in [0.3, 0.4) is 0 Å². The minimum absolute atomic E-state index is 0.0313. The highest BCUT2D eigenvalue weighted by Crippen LogP contribution is 2.34. The highest BCUT2D eigenvalue weighted by Gasteiger charge is 2.50. The summed E-state index contributed by atoms with van der Waals surface area (Å²) in [5, 5.41) is 4.51. The van der Waals surface area contributed by atoms with Crippen molar-refractivity contribution in [2.45, 2.75) is 31.5 Å². The lowest BCUT2D eigenvalue weighted by atomic mass is 9.90. The predicted molar refractivity (Wildman–Crippen MR) is 107 cm³/mol. The zero-order valence-corrected chi connectivity index (χ0v) is 16.9. The number of fused-ring (bicyclic) bond motifs is 1. The summed E-state index contributed by atoms with van der Waals surface area (Å²) in [6.45, 7) is 0.700. The fraction of sp³-hybridized carbons (Fsp3) is 0.409. The van der Waals surface area contributed by atoms with E-state index >= 15 is 0 Å². The number of amides is 4. The average Bonchev–Trinajstić information content (AvgIpc) is 2.96. The highest BCUT2D eigenvalue weighted by atomic mass is 19.4. The Morgan fingerprint density at radius 1 is 1.16 bits per heavy atom. The van der Waals surface area contributed by atoms with Crippen molar-refractivity contribution in [3.05, 3.63) is 48.0 Å². The molecule has 0 bridgehead atoms. The van der Waals surface area contributed by atoms with E-state index in [2.05, 4.69) is 5.32 Å². The standard InChI is InChI=1S/C22H22F3N3O3/c1-21(16-9-8-14-5-2-3-6-15(14)11-16)19(30)28(20(31)26-21)13-18(29)27-10-4-7-17(12-27)22(23,24)25/h2-3,5-6,8-9,11,17H,4,7,10,12-13H2,1H3,(H,26,31)/t17-,21-/m0/s1. The molecule has 2 heterocycles. The first-order valence-corrected chi connectivity index (χ1v) is 10.1. The molecule has 0 radical (unpaired) electrons. The van der Waals surface area contributed by atoms with Gasteiger partial charge in [0.1, 0.15) is 12.1 Å². The monoisotopic (exact) mass is 433 g/mol. The average molecular weight is 433 g/mol. The molecule has 4 rings (SSSR count). The van der Waals surface area contributed by atoms with Crippen LogP contribution in [0.1, 0.15) is 25.3 Å². The lowest BCUT2D eigenvalue weighted by Crippen LogP contribution is -2.49. The summed E-state index contributed by atoms with van der Waals surface area (Å²) in [5.41, 5.74) is -0.799. The van der Waals surface area contributed by atoms with Gasteiger partial charge in [-0.25, -0.2) is 4.79 Å². The normalized spacial score (nSPS) is 24.6. The van der Waals surface area contributed by atoms with Crippen LogP contribution in [0.2, 0.25) is 0 Å². The van der Waals surface area contributed by atoms with Gasteiger partial charge in [-0.15, -0.1) is 0 Å². The first kappa shape index (κ1) is 21.1. The van der Waals surface area contributed by atoms with Gasteiger partial charge in [-0.1, -0.05) is 36.4 Å². The Balaban J connectivity index is 1.52. The van der Waals surface area contributed by atoms with Crippen molar-refractivity contribution in [3.63, 3.8) is 0 Å². The number of hydrogen-bond acceptors (Lipinski definition) is 3. The molecule has 0 aliphatic carbocycles. The fourth-order valence-corrected chi connectivity index (χ4v) is 4.24. The number of halogens is 3. The van der Waals surface area contributed by atoms with E-state index in [1.165, 1.54) is 0 Å². The van der Waals surface area contributed by atoms with Crippen LogP contribution >= 0.6 is 0 Å². The second-order valence-electron chi connectivity index (χ2n) is 8.23. The lowest BCUT2D eigenvalue weighted by Gasteiger charge is -2.34. The minimum Gasteiger partial charge on any atom is -0.341 e. The number of carbonyl (C=O) groups is 3. The van der Waals surface area contributed by atoms with E-state index in [0.29, 0.717) is 5.56 Å². The van der Waals surface area contributed by atoms with Crippen molar-refractivity contribution in [1.82, 2.24) is 15.1 Å². The number of likely N-dealkylation sites (tertiary alicyclic amines) is 1. The molecule has 164 valence electrons. The fourth-order valence-electron chi connectivity index (χ4n) is 4.24. The third-order valence-electron chi connectivity index (χ3n) is 6.13. The summed E-state index contributed by atoms with van der Waals surface area (Å²) in [6.07, 6.45) is -4.18. The summed E-state index contributed by atoms with van der Waals surface area (Å²) in [5.74, 6) is -2.86. The molecule has 0 saturated carbocycles. The van der Waals surface area contributed by atoms with E-state index in [1.807, 2.05) is 30.3 Å². The van der Waals surface area contributed by atoms with E-state index in [0.717, 1.165) is 20.6 Å². The van der Waals surface area contributed by atoms with Crippen molar-refractivity contribution in [3.8, 4) is 0 Å². The van der Waals surface area contributed by atoms with E-state index in [4.69, 9.17) is 0 Å². The van der Waals surface area contributed by atoms with Crippen molar-refractivity contribution in [2.75, 3.05) is 19.6 Å². The van der Waals surface area contributed by atoms with Gasteiger partial charge >= 0.3 is 12.2 Å². The van der Waals surface area contributed by atoms with E-state index in [1.54, 1.807) is 19.1 Å². The van der Waals surface area contributed by atoms with Gasteiger partial charge in [0.05, 0.1) is 5.92 Å². The second kappa shape index (κ2) is 7.55. The molecule has 9 heteroatoms. The van der Waals surface area contributed by atoms with E-state index in [9.17, 15) is 27.6 Å². The highest BCUT2D eigenvalue weighted by molar-refractivity contribution is 6.09. The SMILES string of the molecule is C[C@@]1(c2ccc3ccccc3c2)NC(=O)N(CC(=O)N2CCC[C@H](C(F)(F)F)C2)C1=O. The van der Waals surface area contributed by atoms with Crippen LogP contribution < -0.4 is 5.32 Å². The number of piperidine rings is 1. The maximum absolute atomic E-state index is 13.1. The van der Waals surface area contributed by atoms with Crippen LogP contribution in [0.5, 0.6) is 0 Å². The van der Waals surface area contributed by atoms with Crippen LogP contribution in [0.4, 0.5) is 18.0 Å². The Morgan fingerprint density at radius 2 is 1.87 bits per heavy atom. The van der Waals surface area contributed by atoms with Gasteiger partial charge in [-0.2, -0.15) is 13.2 Å². The molecule has 31 heavy (non-hydrogen) atoms. The molecule has 2 fully saturated rings. The lowest BCUT2D eigenvalue weighted by molar-refractivity contribution is -0.188. The molecular weight excluding hydrogens is 411 g/mol. The molecule has 0 unspecified atom stereocenters. The van der Waals surface area contributed by atoms with Crippen LogP contribution in [-0.4, -0.2) is 53.5 Å². The summed E-state index contributed by atoms with van der Waals surface area (Å²) < 4.78 is 39.1. The second-order valence-corrected chi connectivity index (χ2v) is 8.23. The van der Waals surface area contributed by atoms with Gasteiger partial charge in [0.25, 0.3) is 5.91 Å². The topological polar surface area (TPSA) is 69.7 Å². The quantitative estimate of drug-likeness (QED) is 0.755. The number of imide groups is 1. The van der Waals surface area contributed by atoms with Gasteiger partial charge in [-0.05, 0) is 42.2 Å². The number of benzene rings is 2. The summed E-state index contributed by atoms with van der Waals surface area (Å²) in [6, 6.07) is 12.2. The number of carbonyl (C=O) groups excluding carboxylic acids is 3. The molecule has 0 aromatic heterocycles. The summed E-state index contributed by atoms with van der Waals surface area (Å²) >= 11 is 0. The molecule has 2 aromatic carbocycles. The summed E-state index contributed by atoms with van der Waals surface area (Å²) in [4.78, 5) is 40.1. The van der Waals surface area contributed by atoms with Crippen molar-refractivity contribution in [1.29, 1.82) is 0 Å². The Morgan fingerprint density at radius 3 is 2.58 bits per heavy atom. The first-order chi connectivity index (χ1) is 14.6. The van der Waals surface area contributed by atoms with Crippen molar-refractivity contribution < 1.29 is 27.6 Å². The Bertz CT molecular complexity index is 1050. The number of alkyl halides is 3. The van der Waals surface area contributed by atoms with Crippen molar-refractivity contribution in [2.24, 2.45) is 5.92 Å². The molecular formula is C22H22F3N3O3. The Labute approximate surface area is 177 Å². The molecule has 0 spiro atoms. The Kier molecular flexibility index (Phi) is 5.15. The van der Waals surface area contributed by atoms with Crippen LogP contribution in [-0.2, 0) is 15.1 Å². The molecule has 2 aromatic rings. The molecule has 4 amide bonds. The number of urea groups is 1. The van der Waals surface area contributed by atoms with Crippen LogP contribution in [0.25, 0.3) is 10.8 Å². The van der Waals surface area contributed by atoms with Gasteiger partial charge in [0.15, 0.2) is 0 Å². The minimum atomic E-state index is -4.38. The number of hydrogen-bond donors (Lipinski definition) is 1. The van der Waals surface area contributed by atoms with Crippen LogP contribution in [0.15, 0.2) is 42.5 Å². The zero-order chi connectivity index (χ0) is 22.4. The van der Waals surface area contributed by atoms with E-state index in [-0.39, 0.29) is 19.4 Å². The summed E-state index contributed by atoms with van der Waals surface area (Å²) in [7, 11) is 0. The molecule has 6 nitrogen and oxygen atoms in total. The Hall–Kier alpha value is -3.10. The molecule has 2 atom stereocenters. The van der Waals surface area contributed by atoms with Gasteiger partial charge in [0.2, 0.25) is 5.91 Å². The van der Waals surface area contributed by atoms with E-state index < -0.39 is 48.6 Å². The van der Waals surface area contributed by atoms with Gasteiger partial charge < -0.3 is 10.2 Å². The molecule has 1 N–H and O–H groups in total. The molecule has 2 aliphatic heterocycles. The zero-order valence-electron chi connectivity index (χ0n) is 16.9. The van der Waals surface area contributed by atoms with Gasteiger partial charge in [-0.3, -0.25) is 14.5 Å². The first-order valence-electron chi connectivity index (χ1n) is 10.1.